The lowest BCUT2D eigenvalue weighted by Gasteiger charge is -2.10. The molecule has 2 atom stereocenters. The van der Waals surface area contributed by atoms with Crippen LogP contribution in [0.5, 0.6) is 0 Å². The van der Waals surface area contributed by atoms with Gasteiger partial charge in [-0.3, -0.25) is 0 Å². The Morgan fingerprint density at radius 2 is 1.71 bits per heavy atom. The molecule has 0 aliphatic heterocycles. The Bertz CT molecular complexity index is 264. The Balaban J connectivity index is 2.68. The van der Waals surface area contributed by atoms with Crippen LogP contribution >= 0.6 is 0 Å². The third-order valence-electron chi connectivity index (χ3n) is 2.46. The van der Waals surface area contributed by atoms with Crippen LogP contribution in [-0.4, -0.2) is 12.6 Å². The maximum atomic E-state index is 5.73. The average Bonchev–Trinajstić information content (AvgIpc) is 2.17. The fourth-order valence-electron chi connectivity index (χ4n) is 1.49. The van der Waals surface area contributed by atoms with E-state index in [1.165, 1.54) is 11.1 Å². The molecule has 78 valence electrons. The molecule has 4 N–H and O–H groups in total. The number of benzene rings is 1. The molecule has 0 bridgehead atoms. The molecule has 0 aliphatic carbocycles. The quantitative estimate of drug-likeness (QED) is 0.762. The van der Waals surface area contributed by atoms with Crippen LogP contribution in [0.3, 0.4) is 0 Å². The monoisotopic (exact) mass is 192 g/mol. The van der Waals surface area contributed by atoms with E-state index >= 15 is 0 Å². The smallest absolute Gasteiger partial charge is 0.00509 e. The summed E-state index contributed by atoms with van der Waals surface area (Å²) in [6.45, 7) is 4.86. The summed E-state index contributed by atoms with van der Waals surface area (Å²) in [5.41, 5.74) is 13.9. The van der Waals surface area contributed by atoms with Crippen molar-refractivity contribution in [3.63, 3.8) is 0 Å². The molecular weight excluding hydrogens is 172 g/mol. The molecule has 2 unspecified atom stereocenters. The molecule has 0 saturated carbocycles. The lowest BCUT2D eigenvalue weighted by molar-refractivity contribution is 0.735. The molecule has 0 radical (unpaired) electrons. The number of hydrogen-bond donors (Lipinski definition) is 2. The van der Waals surface area contributed by atoms with Gasteiger partial charge in [-0.25, -0.2) is 0 Å². The van der Waals surface area contributed by atoms with Gasteiger partial charge in [-0.15, -0.1) is 0 Å². The van der Waals surface area contributed by atoms with Crippen molar-refractivity contribution in [2.24, 2.45) is 11.5 Å². The highest BCUT2D eigenvalue weighted by Gasteiger charge is 2.03. The highest BCUT2D eigenvalue weighted by Crippen LogP contribution is 2.14. The van der Waals surface area contributed by atoms with E-state index in [1.54, 1.807) is 0 Å². The zero-order chi connectivity index (χ0) is 10.6. The van der Waals surface area contributed by atoms with E-state index < -0.39 is 0 Å². The predicted molar refractivity (Wildman–Crippen MR) is 61.3 cm³/mol. The fourth-order valence-corrected chi connectivity index (χ4v) is 1.49. The van der Waals surface area contributed by atoms with E-state index in [9.17, 15) is 0 Å². The van der Waals surface area contributed by atoms with E-state index in [4.69, 9.17) is 11.5 Å². The van der Waals surface area contributed by atoms with Crippen LogP contribution in [0.4, 0.5) is 0 Å². The molecule has 0 aliphatic rings. The average molecular weight is 192 g/mol. The summed E-state index contributed by atoms with van der Waals surface area (Å²) in [4.78, 5) is 0. The van der Waals surface area contributed by atoms with Crippen LogP contribution in [0, 0.1) is 0 Å². The van der Waals surface area contributed by atoms with Crippen molar-refractivity contribution in [1.29, 1.82) is 0 Å². The topological polar surface area (TPSA) is 52.0 Å². The minimum Gasteiger partial charge on any atom is -0.330 e. The van der Waals surface area contributed by atoms with Gasteiger partial charge < -0.3 is 11.5 Å². The molecule has 1 aromatic carbocycles. The SMILES string of the molecule is CC(N)Cc1ccc(C(C)CN)cc1. The van der Waals surface area contributed by atoms with E-state index in [-0.39, 0.29) is 6.04 Å². The van der Waals surface area contributed by atoms with E-state index in [2.05, 4.69) is 31.2 Å². The van der Waals surface area contributed by atoms with Crippen LogP contribution in [-0.2, 0) is 6.42 Å². The number of hydrogen-bond acceptors (Lipinski definition) is 2. The normalized spacial score (nSPS) is 15.1. The van der Waals surface area contributed by atoms with Crippen molar-refractivity contribution in [1.82, 2.24) is 0 Å². The van der Waals surface area contributed by atoms with Crippen molar-refractivity contribution >= 4 is 0 Å². The third-order valence-corrected chi connectivity index (χ3v) is 2.46. The second-order valence-corrected chi connectivity index (χ2v) is 4.06. The van der Waals surface area contributed by atoms with Gasteiger partial charge in [0.15, 0.2) is 0 Å². The van der Waals surface area contributed by atoms with Crippen LogP contribution in [0.15, 0.2) is 24.3 Å². The third kappa shape index (κ3) is 3.13. The molecule has 0 fully saturated rings. The number of rotatable bonds is 4. The van der Waals surface area contributed by atoms with Gasteiger partial charge in [0.05, 0.1) is 0 Å². The van der Waals surface area contributed by atoms with Crippen LogP contribution in [0.2, 0.25) is 0 Å². The van der Waals surface area contributed by atoms with Gasteiger partial charge >= 0.3 is 0 Å². The summed E-state index contributed by atoms with van der Waals surface area (Å²) >= 11 is 0. The van der Waals surface area contributed by atoms with Gasteiger partial charge in [0.2, 0.25) is 0 Å². The Morgan fingerprint density at radius 3 is 2.14 bits per heavy atom. The second-order valence-electron chi connectivity index (χ2n) is 4.06. The van der Waals surface area contributed by atoms with Gasteiger partial charge in [0, 0.05) is 6.04 Å². The zero-order valence-electron chi connectivity index (χ0n) is 9.03. The highest BCUT2D eigenvalue weighted by atomic mass is 14.6. The molecule has 0 amide bonds. The van der Waals surface area contributed by atoms with Gasteiger partial charge in [0.25, 0.3) is 0 Å². The molecule has 2 heteroatoms. The first kappa shape index (κ1) is 11.2. The predicted octanol–water partition coefficient (Wildman–Crippen LogP) is 1.64. The zero-order valence-corrected chi connectivity index (χ0v) is 9.03. The summed E-state index contributed by atoms with van der Waals surface area (Å²) in [7, 11) is 0. The largest absolute Gasteiger partial charge is 0.330 e. The van der Waals surface area contributed by atoms with Crippen molar-refractivity contribution in [2.45, 2.75) is 32.2 Å². The maximum Gasteiger partial charge on any atom is 0.00509 e. The van der Waals surface area contributed by atoms with E-state index in [1.807, 2.05) is 6.92 Å². The molecular formula is C12H20N2. The van der Waals surface area contributed by atoms with Crippen LogP contribution < -0.4 is 11.5 Å². The molecule has 0 saturated heterocycles. The molecule has 1 rings (SSSR count). The summed E-state index contributed by atoms with van der Waals surface area (Å²) in [5, 5.41) is 0. The van der Waals surface area contributed by atoms with Crippen molar-refractivity contribution in [3.05, 3.63) is 35.4 Å². The Labute approximate surface area is 86.3 Å². The number of nitrogens with two attached hydrogens (primary N) is 2. The summed E-state index contributed by atoms with van der Waals surface area (Å²) < 4.78 is 0. The second kappa shape index (κ2) is 5.13. The Hall–Kier alpha value is -0.860. The molecule has 2 nitrogen and oxygen atoms in total. The first-order chi connectivity index (χ1) is 6.63. The van der Waals surface area contributed by atoms with E-state index in [0.29, 0.717) is 12.5 Å². The minimum absolute atomic E-state index is 0.229. The van der Waals surface area contributed by atoms with Crippen LogP contribution in [0.1, 0.15) is 30.9 Å². The van der Waals surface area contributed by atoms with Gasteiger partial charge in [-0.1, -0.05) is 31.2 Å². The summed E-state index contributed by atoms with van der Waals surface area (Å²) in [6.07, 6.45) is 0.942. The molecule has 14 heavy (non-hydrogen) atoms. The first-order valence-corrected chi connectivity index (χ1v) is 5.18. The lowest BCUT2D eigenvalue weighted by Crippen LogP contribution is -2.17. The van der Waals surface area contributed by atoms with Crippen molar-refractivity contribution < 1.29 is 0 Å². The Morgan fingerprint density at radius 1 is 1.14 bits per heavy atom. The molecule has 0 heterocycles. The summed E-state index contributed by atoms with van der Waals surface area (Å²) in [5.74, 6) is 0.444. The van der Waals surface area contributed by atoms with E-state index in [0.717, 1.165) is 6.42 Å². The van der Waals surface area contributed by atoms with Crippen molar-refractivity contribution in [2.75, 3.05) is 6.54 Å². The first-order valence-electron chi connectivity index (χ1n) is 5.18. The Kier molecular flexibility index (Phi) is 4.11. The van der Waals surface area contributed by atoms with Gasteiger partial charge in [-0.05, 0) is 36.9 Å². The highest BCUT2D eigenvalue weighted by molar-refractivity contribution is 5.25. The summed E-state index contributed by atoms with van der Waals surface area (Å²) in [6, 6.07) is 8.81. The van der Waals surface area contributed by atoms with Crippen LogP contribution in [0.25, 0.3) is 0 Å². The van der Waals surface area contributed by atoms with Gasteiger partial charge in [-0.2, -0.15) is 0 Å². The standard InChI is InChI=1S/C12H20N2/c1-9(8-13)12-5-3-11(4-6-12)7-10(2)14/h3-6,9-10H,7-8,13-14H2,1-2H3. The molecule has 0 aromatic heterocycles. The molecule has 0 spiro atoms. The maximum absolute atomic E-state index is 5.73. The van der Waals surface area contributed by atoms with Gasteiger partial charge in [0.1, 0.15) is 0 Å². The molecule has 1 aromatic rings. The lowest BCUT2D eigenvalue weighted by atomic mass is 9.98. The van der Waals surface area contributed by atoms with Crippen molar-refractivity contribution in [3.8, 4) is 0 Å². The minimum atomic E-state index is 0.229. The fraction of sp³-hybridized carbons (Fsp3) is 0.500.